The molecule has 1 rings (SSSR count). The fourth-order valence-corrected chi connectivity index (χ4v) is 1.72. The van der Waals surface area contributed by atoms with Crippen molar-refractivity contribution in [2.24, 2.45) is 0 Å². The lowest BCUT2D eigenvalue weighted by Crippen LogP contribution is -2.11. The lowest BCUT2D eigenvalue weighted by Gasteiger charge is -2.17. The minimum atomic E-state index is -0.494. The van der Waals surface area contributed by atoms with Crippen LogP contribution in [0.2, 0.25) is 0 Å². The smallest absolute Gasteiger partial charge is 0.161 e. The maximum absolute atomic E-state index is 9.50. The molecule has 2 atom stereocenters. The van der Waals surface area contributed by atoms with Gasteiger partial charge in [-0.25, -0.2) is 0 Å². The molecule has 0 fully saturated rings. The number of rotatable bonds is 6. The average molecular weight is 238 g/mol. The molecule has 3 nitrogen and oxygen atoms in total. The Morgan fingerprint density at radius 2 is 1.94 bits per heavy atom. The second-order valence-corrected chi connectivity index (χ2v) is 4.30. The molecule has 0 aromatic heterocycles. The van der Waals surface area contributed by atoms with Gasteiger partial charge in [0.1, 0.15) is 0 Å². The summed E-state index contributed by atoms with van der Waals surface area (Å²) < 4.78 is 11.1. The van der Waals surface area contributed by atoms with Crippen LogP contribution in [0, 0.1) is 0 Å². The van der Waals surface area contributed by atoms with Gasteiger partial charge in [-0.3, -0.25) is 0 Å². The molecule has 1 aromatic carbocycles. The van der Waals surface area contributed by atoms with E-state index in [-0.39, 0.29) is 6.10 Å². The first kappa shape index (κ1) is 13.8. The van der Waals surface area contributed by atoms with Crippen LogP contribution in [-0.4, -0.2) is 18.3 Å². The van der Waals surface area contributed by atoms with Crippen LogP contribution < -0.4 is 9.47 Å². The van der Waals surface area contributed by atoms with Gasteiger partial charge in [-0.15, -0.1) is 0 Å². The maximum atomic E-state index is 9.50. The first-order valence-corrected chi connectivity index (χ1v) is 6.11. The Hall–Kier alpha value is -1.22. The van der Waals surface area contributed by atoms with E-state index in [1.807, 2.05) is 25.1 Å². The van der Waals surface area contributed by atoms with E-state index in [2.05, 4.69) is 6.92 Å². The number of hydrogen-bond donors (Lipinski definition) is 1. The van der Waals surface area contributed by atoms with E-state index in [1.54, 1.807) is 14.0 Å². The van der Waals surface area contributed by atoms with Gasteiger partial charge in [0.25, 0.3) is 0 Å². The Bertz CT molecular complexity index is 347. The van der Waals surface area contributed by atoms with Crippen LogP contribution in [0.5, 0.6) is 11.5 Å². The van der Waals surface area contributed by atoms with Gasteiger partial charge in [0.2, 0.25) is 0 Å². The van der Waals surface area contributed by atoms with Crippen molar-refractivity contribution >= 4 is 0 Å². The van der Waals surface area contributed by atoms with Gasteiger partial charge >= 0.3 is 0 Å². The van der Waals surface area contributed by atoms with Gasteiger partial charge in [0.15, 0.2) is 11.5 Å². The van der Waals surface area contributed by atoms with E-state index in [0.29, 0.717) is 5.75 Å². The molecule has 0 saturated carbocycles. The Labute approximate surface area is 103 Å². The maximum Gasteiger partial charge on any atom is 0.161 e. The van der Waals surface area contributed by atoms with Crippen molar-refractivity contribution in [1.29, 1.82) is 0 Å². The van der Waals surface area contributed by atoms with Gasteiger partial charge in [-0.05, 0) is 38.0 Å². The van der Waals surface area contributed by atoms with Gasteiger partial charge in [-0.1, -0.05) is 19.4 Å². The summed E-state index contributed by atoms with van der Waals surface area (Å²) in [5.41, 5.74) is 0.831. The second kappa shape index (κ2) is 6.50. The second-order valence-electron chi connectivity index (χ2n) is 4.30. The highest BCUT2D eigenvalue weighted by atomic mass is 16.5. The van der Waals surface area contributed by atoms with E-state index >= 15 is 0 Å². The van der Waals surface area contributed by atoms with Crippen molar-refractivity contribution in [2.75, 3.05) is 7.11 Å². The van der Waals surface area contributed by atoms with Crippen molar-refractivity contribution in [2.45, 2.75) is 45.8 Å². The third-order valence-corrected chi connectivity index (χ3v) is 2.69. The molecule has 0 spiro atoms. The summed E-state index contributed by atoms with van der Waals surface area (Å²) in [4.78, 5) is 0. The van der Waals surface area contributed by atoms with Crippen molar-refractivity contribution in [3.05, 3.63) is 23.8 Å². The van der Waals surface area contributed by atoms with Crippen LogP contribution in [0.4, 0.5) is 0 Å². The van der Waals surface area contributed by atoms with Crippen molar-refractivity contribution < 1.29 is 14.6 Å². The Morgan fingerprint density at radius 1 is 1.24 bits per heavy atom. The summed E-state index contributed by atoms with van der Waals surface area (Å²) in [6.07, 6.45) is 1.79. The lowest BCUT2D eigenvalue weighted by molar-refractivity contribution is 0.193. The summed E-state index contributed by atoms with van der Waals surface area (Å²) in [7, 11) is 1.61. The van der Waals surface area contributed by atoms with Crippen molar-refractivity contribution in [3.8, 4) is 11.5 Å². The molecule has 0 aliphatic carbocycles. The van der Waals surface area contributed by atoms with Gasteiger partial charge < -0.3 is 14.6 Å². The third kappa shape index (κ3) is 3.93. The number of methoxy groups -OCH3 is 1. The van der Waals surface area contributed by atoms with E-state index in [1.165, 1.54) is 0 Å². The topological polar surface area (TPSA) is 38.7 Å². The highest BCUT2D eigenvalue weighted by Crippen LogP contribution is 2.31. The predicted octanol–water partition coefficient (Wildman–Crippen LogP) is 3.32. The Balaban J connectivity index is 2.85. The van der Waals surface area contributed by atoms with E-state index in [4.69, 9.17) is 9.47 Å². The van der Waals surface area contributed by atoms with Crippen LogP contribution in [0.3, 0.4) is 0 Å². The molecule has 0 amide bonds. The molecule has 3 heteroatoms. The molecule has 1 N–H and O–H groups in total. The first-order valence-electron chi connectivity index (χ1n) is 6.11. The number of aliphatic hydroxyl groups is 1. The SMILES string of the molecule is CCCC(C)Oc1ccc(C(C)O)cc1OC. The third-order valence-electron chi connectivity index (χ3n) is 2.69. The molecular weight excluding hydrogens is 216 g/mol. The monoisotopic (exact) mass is 238 g/mol. The van der Waals surface area contributed by atoms with Crippen LogP contribution in [-0.2, 0) is 0 Å². The molecule has 0 heterocycles. The van der Waals surface area contributed by atoms with Crippen LogP contribution in [0.15, 0.2) is 18.2 Å². The molecule has 17 heavy (non-hydrogen) atoms. The molecule has 0 bridgehead atoms. The molecule has 0 aliphatic rings. The zero-order valence-electron chi connectivity index (χ0n) is 11.1. The Morgan fingerprint density at radius 3 is 2.47 bits per heavy atom. The molecule has 0 aliphatic heterocycles. The minimum absolute atomic E-state index is 0.172. The molecule has 0 saturated heterocycles. The number of ether oxygens (including phenoxy) is 2. The van der Waals surface area contributed by atoms with E-state index < -0.39 is 6.10 Å². The lowest BCUT2D eigenvalue weighted by atomic mass is 10.1. The molecule has 96 valence electrons. The number of benzene rings is 1. The van der Waals surface area contributed by atoms with Crippen molar-refractivity contribution in [1.82, 2.24) is 0 Å². The minimum Gasteiger partial charge on any atom is -0.493 e. The normalized spacial score (nSPS) is 14.2. The standard InChI is InChI=1S/C14H22O3/c1-5-6-10(2)17-13-8-7-12(11(3)15)9-14(13)16-4/h7-11,15H,5-6H2,1-4H3. The zero-order chi connectivity index (χ0) is 12.8. The van der Waals surface area contributed by atoms with Crippen molar-refractivity contribution in [3.63, 3.8) is 0 Å². The summed E-state index contributed by atoms with van der Waals surface area (Å²) >= 11 is 0. The highest BCUT2D eigenvalue weighted by Gasteiger charge is 2.11. The highest BCUT2D eigenvalue weighted by molar-refractivity contribution is 5.43. The van der Waals surface area contributed by atoms with E-state index in [9.17, 15) is 5.11 Å². The number of hydrogen-bond acceptors (Lipinski definition) is 3. The summed E-state index contributed by atoms with van der Waals surface area (Å²) in [6.45, 7) is 5.91. The Kier molecular flexibility index (Phi) is 5.29. The fraction of sp³-hybridized carbons (Fsp3) is 0.571. The van der Waals surface area contributed by atoms with Crippen LogP contribution in [0.1, 0.15) is 45.3 Å². The molecule has 2 unspecified atom stereocenters. The molecule has 0 radical (unpaired) electrons. The summed E-state index contributed by atoms with van der Waals surface area (Å²) in [5.74, 6) is 1.41. The molecule has 1 aromatic rings. The first-order chi connectivity index (χ1) is 8.08. The van der Waals surface area contributed by atoms with Crippen LogP contribution in [0.25, 0.3) is 0 Å². The zero-order valence-corrected chi connectivity index (χ0v) is 11.1. The van der Waals surface area contributed by atoms with E-state index in [0.717, 1.165) is 24.2 Å². The predicted molar refractivity (Wildman–Crippen MR) is 68.6 cm³/mol. The van der Waals surface area contributed by atoms with Gasteiger partial charge in [-0.2, -0.15) is 0 Å². The largest absolute Gasteiger partial charge is 0.493 e. The van der Waals surface area contributed by atoms with Gasteiger partial charge in [0.05, 0.1) is 19.3 Å². The van der Waals surface area contributed by atoms with Gasteiger partial charge in [0, 0.05) is 0 Å². The summed E-state index contributed by atoms with van der Waals surface area (Å²) in [5, 5.41) is 9.50. The summed E-state index contributed by atoms with van der Waals surface area (Å²) in [6, 6.07) is 5.53. The fourth-order valence-electron chi connectivity index (χ4n) is 1.72. The average Bonchev–Trinajstić information content (AvgIpc) is 2.29. The number of aliphatic hydroxyl groups excluding tert-OH is 1. The quantitative estimate of drug-likeness (QED) is 0.826. The van der Waals surface area contributed by atoms with Crippen LogP contribution >= 0.6 is 0 Å². The molecular formula is C14H22O3.